The van der Waals surface area contributed by atoms with Crippen molar-refractivity contribution in [1.29, 1.82) is 0 Å². The van der Waals surface area contributed by atoms with Crippen LogP contribution in [0.15, 0.2) is 24.3 Å². The second kappa shape index (κ2) is 8.18. The van der Waals surface area contributed by atoms with Crippen molar-refractivity contribution in [2.45, 2.75) is 25.6 Å². The Morgan fingerprint density at radius 3 is 2.45 bits per heavy atom. The molecule has 22 heavy (non-hydrogen) atoms. The lowest BCUT2D eigenvalue weighted by atomic mass is 10.2. The molecule has 1 amide bonds. The van der Waals surface area contributed by atoms with Gasteiger partial charge in [0.2, 0.25) is 11.0 Å². The first-order valence-corrected chi connectivity index (χ1v) is 7.23. The lowest BCUT2D eigenvalue weighted by Gasteiger charge is -2.13. The van der Waals surface area contributed by atoms with Gasteiger partial charge in [0.1, 0.15) is 5.75 Å². The van der Waals surface area contributed by atoms with Crippen molar-refractivity contribution in [2.24, 2.45) is 0 Å². The molecule has 0 aliphatic carbocycles. The van der Waals surface area contributed by atoms with E-state index < -0.39 is 28.3 Å². The van der Waals surface area contributed by atoms with Crippen molar-refractivity contribution in [3.63, 3.8) is 0 Å². The number of amides is 1. The summed E-state index contributed by atoms with van der Waals surface area (Å²) in [6.07, 6.45) is 0.0998. The van der Waals surface area contributed by atoms with Gasteiger partial charge in [-0.25, -0.2) is 4.79 Å². The van der Waals surface area contributed by atoms with Crippen molar-refractivity contribution in [2.75, 3.05) is 0 Å². The molecule has 0 saturated carbocycles. The highest BCUT2D eigenvalue weighted by Gasteiger charge is 2.26. The van der Waals surface area contributed by atoms with E-state index in [4.69, 9.17) is 9.84 Å². The van der Waals surface area contributed by atoms with Crippen molar-refractivity contribution in [3.8, 4) is 5.75 Å². The summed E-state index contributed by atoms with van der Waals surface area (Å²) in [6.45, 7) is 2.76. The predicted octanol–water partition coefficient (Wildman–Crippen LogP) is 1.42. The minimum Gasteiger partial charge on any atom is -0.479 e. The van der Waals surface area contributed by atoms with Gasteiger partial charge in [0.25, 0.3) is 0 Å². The maximum Gasteiger partial charge on any atom is 0.337 e. The van der Waals surface area contributed by atoms with Crippen LogP contribution in [0.5, 0.6) is 5.75 Å². The number of rotatable bonds is 6. The van der Waals surface area contributed by atoms with Gasteiger partial charge in [-0.15, -0.1) is 0 Å². The first-order chi connectivity index (χ1) is 10.3. The fraction of sp³-hybridized carbons (Fsp3) is 0.286. The van der Waals surface area contributed by atoms with E-state index in [2.05, 4.69) is 5.32 Å². The molecule has 1 rings (SSSR count). The summed E-state index contributed by atoms with van der Waals surface area (Å²) in [4.78, 5) is 45.6. The topological polar surface area (TPSA) is 110 Å². The van der Waals surface area contributed by atoms with Gasteiger partial charge in [-0.2, -0.15) is 0 Å². The van der Waals surface area contributed by atoms with Crippen LogP contribution in [0.2, 0.25) is 0 Å². The molecular formula is C14H15NO6S. The van der Waals surface area contributed by atoms with Crippen molar-refractivity contribution in [3.05, 3.63) is 29.8 Å². The second-order valence-electron chi connectivity index (χ2n) is 4.13. The standard InChI is InChI=1S/C14H15NO6S/c1-3-11(17)15-12(13(18)19)22-14(20)9-6-4-5-7-10(9)21-8(2)16/h4-7,12H,3H2,1-2H3,(H,15,17)(H,18,19). The highest BCUT2D eigenvalue weighted by atomic mass is 32.2. The van der Waals surface area contributed by atoms with Gasteiger partial charge in [0, 0.05) is 13.3 Å². The van der Waals surface area contributed by atoms with Gasteiger partial charge in [-0.1, -0.05) is 19.1 Å². The Morgan fingerprint density at radius 1 is 1.27 bits per heavy atom. The first kappa shape index (κ1) is 17.7. The lowest BCUT2D eigenvalue weighted by Crippen LogP contribution is -2.38. The van der Waals surface area contributed by atoms with Crippen LogP contribution in [0.3, 0.4) is 0 Å². The first-order valence-electron chi connectivity index (χ1n) is 6.35. The molecule has 0 aromatic heterocycles. The SMILES string of the molecule is CCC(=O)NC(SC(=O)c1ccccc1OC(C)=O)C(=O)O. The second-order valence-corrected chi connectivity index (χ2v) is 5.21. The molecule has 0 aliphatic heterocycles. The molecule has 0 bridgehead atoms. The van der Waals surface area contributed by atoms with E-state index in [1.165, 1.54) is 19.1 Å². The Hall–Kier alpha value is -2.35. The van der Waals surface area contributed by atoms with Crippen molar-refractivity contribution >= 4 is 34.7 Å². The van der Waals surface area contributed by atoms with Gasteiger partial charge in [0.05, 0.1) is 5.56 Å². The summed E-state index contributed by atoms with van der Waals surface area (Å²) in [5, 5.41) is 9.24. The number of carbonyl (C=O) groups is 4. The number of hydrogen-bond acceptors (Lipinski definition) is 6. The van der Waals surface area contributed by atoms with E-state index in [-0.39, 0.29) is 17.7 Å². The molecule has 118 valence electrons. The Kier molecular flexibility index (Phi) is 6.58. The average molecular weight is 325 g/mol. The maximum atomic E-state index is 12.2. The number of esters is 1. The molecule has 0 aliphatic rings. The molecular weight excluding hydrogens is 310 g/mol. The zero-order valence-corrected chi connectivity index (χ0v) is 12.8. The monoisotopic (exact) mass is 325 g/mol. The van der Waals surface area contributed by atoms with Crippen LogP contribution in [-0.2, 0) is 14.4 Å². The van der Waals surface area contributed by atoms with E-state index in [9.17, 15) is 19.2 Å². The molecule has 8 heteroatoms. The Bertz CT molecular complexity index is 601. The molecule has 1 aromatic carbocycles. The number of para-hydroxylation sites is 1. The van der Waals surface area contributed by atoms with E-state index in [1.807, 2.05) is 0 Å². The van der Waals surface area contributed by atoms with Crippen LogP contribution in [0.4, 0.5) is 0 Å². The van der Waals surface area contributed by atoms with Gasteiger partial charge in [0.15, 0.2) is 5.37 Å². The third-order valence-corrected chi connectivity index (χ3v) is 3.41. The quantitative estimate of drug-likeness (QED) is 0.462. The van der Waals surface area contributed by atoms with Gasteiger partial charge in [-0.3, -0.25) is 14.4 Å². The largest absolute Gasteiger partial charge is 0.479 e. The molecule has 0 radical (unpaired) electrons. The van der Waals surface area contributed by atoms with Gasteiger partial charge >= 0.3 is 11.9 Å². The number of carboxylic acid groups (broad SMARTS) is 1. The third-order valence-electron chi connectivity index (χ3n) is 2.42. The summed E-state index contributed by atoms with van der Waals surface area (Å²) in [6, 6.07) is 5.97. The van der Waals surface area contributed by atoms with Gasteiger partial charge < -0.3 is 15.2 Å². The minimum atomic E-state index is -1.41. The highest BCUT2D eigenvalue weighted by Crippen LogP contribution is 2.25. The normalized spacial score (nSPS) is 11.4. The maximum absolute atomic E-state index is 12.2. The number of hydrogen-bond donors (Lipinski definition) is 2. The Morgan fingerprint density at radius 2 is 1.91 bits per heavy atom. The average Bonchev–Trinajstić information content (AvgIpc) is 2.46. The van der Waals surface area contributed by atoms with Crippen LogP contribution >= 0.6 is 11.8 Å². The molecule has 7 nitrogen and oxygen atoms in total. The molecule has 0 spiro atoms. The fourth-order valence-corrected chi connectivity index (χ4v) is 2.24. The highest BCUT2D eigenvalue weighted by molar-refractivity contribution is 8.15. The van der Waals surface area contributed by atoms with Crippen molar-refractivity contribution < 1.29 is 29.0 Å². The molecule has 0 heterocycles. The minimum absolute atomic E-state index is 0.0402. The van der Waals surface area contributed by atoms with Crippen LogP contribution in [0, 0.1) is 0 Å². The zero-order valence-electron chi connectivity index (χ0n) is 12.0. The smallest absolute Gasteiger partial charge is 0.337 e. The summed E-state index contributed by atoms with van der Waals surface area (Å²) < 4.78 is 4.90. The number of ether oxygens (including phenoxy) is 1. The van der Waals surface area contributed by atoms with E-state index in [0.29, 0.717) is 11.8 Å². The van der Waals surface area contributed by atoms with E-state index in [1.54, 1.807) is 19.1 Å². The number of carbonyl (C=O) groups excluding carboxylic acids is 3. The van der Waals surface area contributed by atoms with Gasteiger partial charge in [-0.05, 0) is 23.9 Å². The molecule has 0 fully saturated rings. The van der Waals surface area contributed by atoms with Crippen LogP contribution in [0.25, 0.3) is 0 Å². The van der Waals surface area contributed by atoms with Crippen LogP contribution in [-0.4, -0.2) is 33.4 Å². The van der Waals surface area contributed by atoms with Crippen LogP contribution in [0.1, 0.15) is 30.6 Å². The number of carboxylic acids is 1. The zero-order chi connectivity index (χ0) is 16.7. The fourth-order valence-electron chi connectivity index (χ4n) is 1.44. The predicted molar refractivity (Wildman–Crippen MR) is 79.5 cm³/mol. The summed E-state index contributed by atoms with van der Waals surface area (Å²) >= 11 is 0.429. The van der Waals surface area contributed by atoms with E-state index in [0.717, 1.165) is 0 Å². The number of aliphatic carboxylic acids is 1. The Labute approximate surface area is 131 Å². The molecule has 1 aromatic rings. The molecule has 1 atom stereocenters. The van der Waals surface area contributed by atoms with Crippen molar-refractivity contribution in [1.82, 2.24) is 5.32 Å². The number of benzene rings is 1. The summed E-state index contributed by atoms with van der Waals surface area (Å²) in [5.41, 5.74) is 0.0553. The molecule has 2 N–H and O–H groups in total. The third kappa shape index (κ3) is 5.21. The molecule has 1 unspecified atom stereocenters. The molecule has 0 saturated heterocycles. The number of nitrogens with one attached hydrogen (secondary N) is 1. The van der Waals surface area contributed by atoms with Crippen LogP contribution < -0.4 is 10.1 Å². The summed E-state index contributed by atoms with van der Waals surface area (Å²) in [5.74, 6) is -2.39. The number of thioether (sulfide) groups is 1. The van der Waals surface area contributed by atoms with E-state index >= 15 is 0 Å². The summed E-state index contributed by atoms with van der Waals surface area (Å²) in [7, 11) is 0. The lowest BCUT2D eigenvalue weighted by molar-refractivity contribution is -0.139. The Balaban J connectivity index is 2.93.